The molecule has 20 heavy (non-hydrogen) atoms. The molecule has 0 radical (unpaired) electrons. The first-order chi connectivity index (χ1) is 9.70. The zero-order chi connectivity index (χ0) is 14.4. The fourth-order valence-corrected chi connectivity index (χ4v) is 2.32. The maximum atomic E-state index is 11.8. The summed E-state index contributed by atoms with van der Waals surface area (Å²) in [6.45, 7) is 0.469. The van der Waals surface area contributed by atoms with Crippen molar-refractivity contribution in [2.45, 2.75) is 11.4 Å². The second-order valence-electron chi connectivity index (χ2n) is 4.10. The van der Waals surface area contributed by atoms with Crippen molar-refractivity contribution in [2.75, 3.05) is 18.9 Å². The van der Waals surface area contributed by atoms with Crippen LogP contribution in [0.3, 0.4) is 0 Å². The van der Waals surface area contributed by atoms with Crippen LogP contribution in [0.2, 0.25) is 0 Å². The van der Waals surface area contributed by atoms with Gasteiger partial charge in [-0.25, -0.2) is 4.98 Å². The van der Waals surface area contributed by atoms with E-state index < -0.39 is 0 Å². The number of amides is 1. The number of aromatic nitrogens is 2. The summed E-state index contributed by atoms with van der Waals surface area (Å²) in [5, 5.41) is 11.5. The van der Waals surface area contributed by atoms with E-state index in [0.29, 0.717) is 24.0 Å². The Labute approximate surface area is 119 Å². The van der Waals surface area contributed by atoms with E-state index in [9.17, 15) is 9.59 Å². The standard InChI is InChI=1S/C13H15N3O3S/c17-7-3-6-14-11(18)8-20-13-12(19)15-9-4-1-2-5-10(9)16-13/h1-2,4-5,17H,3,6-8H2,(H,14,18)(H,15,19). The van der Waals surface area contributed by atoms with E-state index in [1.54, 1.807) is 12.1 Å². The number of aliphatic hydroxyl groups is 1. The average molecular weight is 293 g/mol. The van der Waals surface area contributed by atoms with E-state index in [0.717, 1.165) is 11.8 Å². The Bertz CT molecular complexity index is 657. The number of para-hydroxylation sites is 2. The summed E-state index contributed by atoms with van der Waals surface area (Å²) < 4.78 is 0. The zero-order valence-electron chi connectivity index (χ0n) is 10.8. The summed E-state index contributed by atoms with van der Waals surface area (Å²) >= 11 is 1.10. The molecule has 0 saturated heterocycles. The molecule has 0 spiro atoms. The monoisotopic (exact) mass is 293 g/mol. The summed E-state index contributed by atoms with van der Waals surface area (Å²) in [6.07, 6.45) is 0.519. The van der Waals surface area contributed by atoms with E-state index in [4.69, 9.17) is 5.11 Å². The number of thioether (sulfide) groups is 1. The highest BCUT2D eigenvalue weighted by Gasteiger charge is 2.08. The van der Waals surface area contributed by atoms with Crippen LogP contribution < -0.4 is 10.9 Å². The minimum absolute atomic E-state index is 0.0410. The summed E-state index contributed by atoms with van der Waals surface area (Å²) in [6, 6.07) is 7.24. The second-order valence-corrected chi connectivity index (χ2v) is 5.07. The van der Waals surface area contributed by atoms with Crippen molar-refractivity contribution < 1.29 is 9.90 Å². The van der Waals surface area contributed by atoms with E-state index in [1.165, 1.54) is 0 Å². The molecule has 7 heteroatoms. The van der Waals surface area contributed by atoms with Gasteiger partial charge in [-0.15, -0.1) is 0 Å². The molecule has 1 aromatic carbocycles. The van der Waals surface area contributed by atoms with Crippen LogP contribution in [0.25, 0.3) is 11.0 Å². The lowest BCUT2D eigenvalue weighted by molar-refractivity contribution is -0.118. The van der Waals surface area contributed by atoms with Crippen LogP contribution in [0.5, 0.6) is 0 Å². The molecule has 2 aromatic rings. The van der Waals surface area contributed by atoms with Gasteiger partial charge in [0.2, 0.25) is 5.91 Å². The van der Waals surface area contributed by atoms with Crippen molar-refractivity contribution in [3.05, 3.63) is 34.6 Å². The molecule has 106 valence electrons. The van der Waals surface area contributed by atoms with Crippen LogP contribution in [0.4, 0.5) is 0 Å². The van der Waals surface area contributed by atoms with E-state index >= 15 is 0 Å². The first-order valence-electron chi connectivity index (χ1n) is 6.20. The summed E-state index contributed by atoms with van der Waals surface area (Å²) in [5.41, 5.74) is 1.07. The zero-order valence-corrected chi connectivity index (χ0v) is 11.6. The largest absolute Gasteiger partial charge is 0.396 e. The van der Waals surface area contributed by atoms with E-state index in [1.807, 2.05) is 12.1 Å². The topological polar surface area (TPSA) is 95.1 Å². The van der Waals surface area contributed by atoms with Gasteiger partial charge in [-0.3, -0.25) is 9.59 Å². The van der Waals surface area contributed by atoms with Crippen LogP contribution in [0, 0.1) is 0 Å². The highest BCUT2D eigenvalue weighted by Crippen LogP contribution is 2.13. The Balaban J connectivity index is 2.01. The Morgan fingerprint density at radius 1 is 1.40 bits per heavy atom. The highest BCUT2D eigenvalue weighted by atomic mass is 32.2. The molecule has 0 aliphatic carbocycles. The number of benzene rings is 1. The van der Waals surface area contributed by atoms with Crippen molar-refractivity contribution >= 4 is 28.7 Å². The van der Waals surface area contributed by atoms with E-state index in [-0.39, 0.29) is 28.9 Å². The molecule has 0 aliphatic heterocycles. The number of nitrogens with one attached hydrogen (secondary N) is 2. The first-order valence-corrected chi connectivity index (χ1v) is 7.18. The van der Waals surface area contributed by atoms with Crippen molar-refractivity contribution in [2.24, 2.45) is 0 Å². The number of hydrogen-bond acceptors (Lipinski definition) is 5. The van der Waals surface area contributed by atoms with Gasteiger partial charge < -0.3 is 15.4 Å². The molecule has 2 rings (SSSR count). The third-order valence-corrected chi connectivity index (χ3v) is 3.52. The SMILES string of the molecule is O=C(CSc1nc2ccccc2[nH]c1=O)NCCCO. The lowest BCUT2D eigenvalue weighted by Crippen LogP contribution is -2.27. The van der Waals surface area contributed by atoms with Crippen molar-refractivity contribution in [1.29, 1.82) is 0 Å². The average Bonchev–Trinajstić information content (AvgIpc) is 2.45. The van der Waals surface area contributed by atoms with Gasteiger partial charge in [-0.2, -0.15) is 0 Å². The van der Waals surface area contributed by atoms with Gasteiger partial charge in [0, 0.05) is 13.2 Å². The molecule has 6 nitrogen and oxygen atoms in total. The van der Waals surface area contributed by atoms with Crippen LogP contribution >= 0.6 is 11.8 Å². The molecule has 1 amide bonds. The normalized spacial score (nSPS) is 10.7. The lowest BCUT2D eigenvalue weighted by Gasteiger charge is -2.04. The fraction of sp³-hybridized carbons (Fsp3) is 0.308. The van der Waals surface area contributed by atoms with Crippen LogP contribution in [0.15, 0.2) is 34.1 Å². The molecular formula is C13H15N3O3S. The van der Waals surface area contributed by atoms with Crippen molar-refractivity contribution in [1.82, 2.24) is 15.3 Å². The number of carbonyl (C=O) groups excluding carboxylic acids is 1. The smallest absolute Gasteiger partial charge is 0.280 e. The number of aromatic amines is 1. The molecular weight excluding hydrogens is 278 g/mol. The molecule has 3 N–H and O–H groups in total. The predicted octanol–water partition coefficient (Wildman–Crippen LogP) is 0.514. The van der Waals surface area contributed by atoms with Gasteiger partial charge in [-0.05, 0) is 18.6 Å². The second kappa shape index (κ2) is 7.06. The fourth-order valence-electron chi connectivity index (χ4n) is 1.60. The summed E-state index contributed by atoms with van der Waals surface area (Å²) in [4.78, 5) is 30.3. The number of hydrogen-bond donors (Lipinski definition) is 3. The Morgan fingerprint density at radius 3 is 3.00 bits per heavy atom. The number of H-pyrrole nitrogens is 1. The quantitative estimate of drug-likeness (QED) is 0.533. The van der Waals surface area contributed by atoms with Gasteiger partial charge in [0.25, 0.3) is 5.56 Å². The number of nitrogens with zero attached hydrogens (tertiary/aromatic N) is 1. The Kier molecular flexibility index (Phi) is 5.14. The third-order valence-electron chi connectivity index (χ3n) is 2.57. The predicted molar refractivity (Wildman–Crippen MR) is 77.8 cm³/mol. The Hall–Kier alpha value is -1.86. The summed E-state index contributed by atoms with van der Waals surface area (Å²) in [5.74, 6) is -0.0577. The van der Waals surface area contributed by atoms with Crippen molar-refractivity contribution in [3.63, 3.8) is 0 Å². The van der Waals surface area contributed by atoms with Gasteiger partial charge in [0.05, 0.1) is 16.8 Å². The van der Waals surface area contributed by atoms with Gasteiger partial charge >= 0.3 is 0 Å². The molecule has 1 aromatic heterocycles. The maximum absolute atomic E-state index is 11.8. The van der Waals surface area contributed by atoms with Crippen LogP contribution in [-0.2, 0) is 4.79 Å². The lowest BCUT2D eigenvalue weighted by atomic mass is 10.3. The minimum atomic E-state index is -0.295. The van der Waals surface area contributed by atoms with Crippen LogP contribution in [0.1, 0.15) is 6.42 Å². The molecule has 0 saturated carbocycles. The number of fused-ring (bicyclic) bond motifs is 1. The third kappa shape index (κ3) is 3.82. The van der Waals surface area contributed by atoms with Gasteiger partial charge in [0.15, 0.2) is 5.03 Å². The maximum Gasteiger partial charge on any atom is 0.280 e. The highest BCUT2D eigenvalue weighted by molar-refractivity contribution is 7.99. The minimum Gasteiger partial charge on any atom is -0.396 e. The molecule has 0 aliphatic rings. The molecule has 0 fully saturated rings. The van der Waals surface area contributed by atoms with E-state index in [2.05, 4.69) is 15.3 Å². The van der Waals surface area contributed by atoms with Gasteiger partial charge in [-0.1, -0.05) is 23.9 Å². The molecule has 1 heterocycles. The number of rotatable bonds is 6. The molecule has 0 bridgehead atoms. The van der Waals surface area contributed by atoms with Crippen LogP contribution in [-0.4, -0.2) is 39.9 Å². The number of carbonyl (C=O) groups is 1. The first kappa shape index (κ1) is 14.5. The number of aliphatic hydroxyl groups excluding tert-OH is 1. The van der Waals surface area contributed by atoms with Gasteiger partial charge in [0.1, 0.15) is 0 Å². The Morgan fingerprint density at radius 2 is 2.20 bits per heavy atom. The molecule has 0 unspecified atom stereocenters. The molecule has 0 atom stereocenters. The van der Waals surface area contributed by atoms with Crippen molar-refractivity contribution in [3.8, 4) is 0 Å². The summed E-state index contributed by atoms with van der Waals surface area (Å²) in [7, 11) is 0.